The Balaban J connectivity index is 2.40. The fraction of sp³-hybridized carbons (Fsp3) is 0.850. The largest absolute Gasteiger partial charge is 0.396 e. The molecule has 1 rings (SSSR count). The fourth-order valence-electron chi connectivity index (χ4n) is 3.57. The van der Waals surface area contributed by atoms with Gasteiger partial charge in [-0.15, -0.1) is 0 Å². The summed E-state index contributed by atoms with van der Waals surface area (Å²) in [4.78, 5) is 12.1. The van der Waals surface area contributed by atoms with E-state index in [1.807, 2.05) is 6.08 Å². The van der Waals surface area contributed by atoms with Gasteiger partial charge in [-0.05, 0) is 39.0 Å². The van der Waals surface area contributed by atoms with Crippen LogP contribution >= 0.6 is 0 Å². The number of ketones is 1. The summed E-state index contributed by atoms with van der Waals surface area (Å²) >= 11 is 0. The number of rotatable bonds is 13. The highest BCUT2D eigenvalue weighted by Crippen LogP contribution is 2.34. The molecule has 1 aliphatic rings. The Bertz CT molecular complexity index is 394. The molecule has 25 heavy (non-hydrogen) atoms. The smallest absolute Gasteiger partial charge is 0.139 e. The lowest BCUT2D eigenvalue weighted by molar-refractivity contribution is -0.121. The van der Waals surface area contributed by atoms with E-state index >= 15 is 0 Å². The molecule has 0 saturated heterocycles. The monoisotopic (exact) mass is 356 g/mol. The molecule has 146 valence electrons. The van der Waals surface area contributed by atoms with Gasteiger partial charge in [0.15, 0.2) is 0 Å². The van der Waals surface area contributed by atoms with Crippen molar-refractivity contribution in [1.82, 2.24) is 0 Å². The topological polar surface area (TPSA) is 98.0 Å². The normalized spacial score (nSPS) is 26.4. The van der Waals surface area contributed by atoms with Crippen LogP contribution in [0.15, 0.2) is 12.2 Å². The van der Waals surface area contributed by atoms with Crippen LogP contribution in [0.5, 0.6) is 0 Å². The lowest BCUT2D eigenvalue weighted by Crippen LogP contribution is -2.19. The number of Topliss-reactive ketones (excluding diaryl/α,β-unsaturated/α-hetero) is 1. The summed E-state index contributed by atoms with van der Waals surface area (Å²) in [6.45, 7) is 1.97. The first-order chi connectivity index (χ1) is 12.0. The summed E-state index contributed by atoms with van der Waals surface area (Å²) in [6.07, 6.45) is 9.79. The van der Waals surface area contributed by atoms with Crippen molar-refractivity contribution in [3.63, 3.8) is 0 Å². The third-order valence-electron chi connectivity index (χ3n) is 5.08. The quantitative estimate of drug-likeness (QED) is 0.300. The second-order valence-corrected chi connectivity index (χ2v) is 7.43. The average molecular weight is 357 g/mol. The first kappa shape index (κ1) is 22.3. The Morgan fingerprint density at radius 3 is 2.44 bits per heavy atom. The van der Waals surface area contributed by atoms with Crippen LogP contribution in [0.4, 0.5) is 0 Å². The summed E-state index contributed by atoms with van der Waals surface area (Å²) in [7, 11) is 0. The standard InChI is InChI=1S/C20H36O5/c1-15(22)8-7-9-16(23)11-12-18-17(19(24)14-20(18)25)10-5-3-2-4-6-13-21/h11-12,15-18,20-23,25H,2-10,13-14H2,1H3/t15?,16-,17-,18-,20-/m1/s1. The van der Waals surface area contributed by atoms with E-state index in [1.54, 1.807) is 13.0 Å². The molecular weight excluding hydrogens is 320 g/mol. The van der Waals surface area contributed by atoms with Crippen molar-refractivity contribution in [2.45, 2.75) is 89.4 Å². The minimum Gasteiger partial charge on any atom is -0.396 e. The van der Waals surface area contributed by atoms with Gasteiger partial charge in [0.2, 0.25) is 0 Å². The Hall–Kier alpha value is -0.750. The van der Waals surface area contributed by atoms with Crippen molar-refractivity contribution in [3.05, 3.63) is 12.2 Å². The molecule has 0 heterocycles. The third kappa shape index (κ3) is 8.95. The van der Waals surface area contributed by atoms with E-state index in [0.717, 1.165) is 44.9 Å². The van der Waals surface area contributed by atoms with Crippen LogP contribution in [0, 0.1) is 11.8 Å². The van der Waals surface area contributed by atoms with Gasteiger partial charge in [0, 0.05) is 24.9 Å². The van der Waals surface area contributed by atoms with E-state index in [2.05, 4.69) is 0 Å². The van der Waals surface area contributed by atoms with Gasteiger partial charge in [0.05, 0.1) is 18.3 Å². The number of hydrogen-bond donors (Lipinski definition) is 4. The molecule has 0 aromatic heterocycles. The minimum atomic E-state index is -0.646. The van der Waals surface area contributed by atoms with Crippen LogP contribution in [0.2, 0.25) is 0 Å². The first-order valence-corrected chi connectivity index (χ1v) is 9.81. The van der Waals surface area contributed by atoms with E-state index in [0.29, 0.717) is 12.8 Å². The molecule has 0 bridgehead atoms. The van der Waals surface area contributed by atoms with Crippen molar-refractivity contribution in [2.75, 3.05) is 6.61 Å². The number of aliphatic hydroxyl groups is 4. The maximum atomic E-state index is 12.1. The second kappa shape index (κ2) is 12.6. The third-order valence-corrected chi connectivity index (χ3v) is 5.08. The molecule has 0 spiro atoms. The molecule has 1 fully saturated rings. The number of aliphatic hydroxyl groups excluding tert-OH is 4. The van der Waals surface area contributed by atoms with Crippen molar-refractivity contribution in [1.29, 1.82) is 0 Å². The Morgan fingerprint density at radius 1 is 1.08 bits per heavy atom. The molecule has 0 radical (unpaired) electrons. The molecule has 0 aromatic carbocycles. The number of carbonyl (C=O) groups excluding carboxylic acids is 1. The van der Waals surface area contributed by atoms with E-state index in [-0.39, 0.29) is 36.8 Å². The summed E-state index contributed by atoms with van der Waals surface area (Å²) in [5.74, 6) is -0.216. The van der Waals surface area contributed by atoms with Crippen LogP contribution in [-0.4, -0.2) is 51.1 Å². The molecule has 5 atom stereocenters. The predicted octanol–water partition coefficient (Wildman–Crippen LogP) is 2.35. The molecule has 4 N–H and O–H groups in total. The SMILES string of the molecule is CC(O)CCC[C@@H](O)C=C[C@H]1[C@H](O)CC(=O)[C@@H]1CCCCCCCO. The zero-order valence-electron chi connectivity index (χ0n) is 15.5. The van der Waals surface area contributed by atoms with Gasteiger partial charge in [0.1, 0.15) is 5.78 Å². The van der Waals surface area contributed by atoms with Gasteiger partial charge >= 0.3 is 0 Å². The maximum Gasteiger partial charge on any atom is 0.139 e. The predicted molar refractivity (Wildman–Crippen MR) is 98.1 cm³/mol. The zero-order chi connectivity index (χ0) is 18.7. The lowest BCUT2D eigenvalue weighted by atomic mass is 9.88. The van der Waals surface area contributed by atoms with E-state index in [4.69, 9.17) is 5.11 Å². The summed E-state index contributed by atoms with van der Waals surface area (Å²) in [5.41, 5.74) is 0. The minimum absolute atomic E-state index is 0.126. The van der Waals surface area contributed by atoms with Gasteiger partial charge in [-0.2, -0.15) is 0 Å². The van der Waals surface area contributed by atoms with Gasteiger partial charge in [-0.25, -0.2) is 0 Å². The Morgan fingerprint density at radius 2 is 1.76 bits per heavy atom. The van der Waals surface area contributed by atoms with Crippen LogP contribution in [0.25, 0.3) is 0 Å². The highest BCUT2D eigenvalue weighted by Gasteiger charge is 2.39. The maximum absolute atomic E-state index is 12.1. The molecule has 5 nitrogen and oxygen atoms in total. The molecule has 0 aromatic rings. The van der Waals surface area contributed by atoms with E-state index in [9.17, 15) is 20.1 Å². The van der Waals surface area contributed by atoms with Crippen LogP contribution in [0.3, 0.4) is 0 Å². The lowest BCUT2D eigenvalue weighted by Gasteiger charge is -2.18. The molecule has 1 unspecified atom stereocenters. The first-order valence-electron chi connectivity index (χ1n) is 9.81. The summed E-state index contributed by atoms with van der Waals surface area (Å²) in [5, 5.41) is 38.2. The van der Waals surface area contributed by atoms with Gasteiger partial charge < -0.3 is 20.4 Å². The second-order valence-electron chi connectivity index (χ2n) is 7.43. The molecular formula is C20H36O5. The van der Waals surface area contributed by atoms with Crippen LogP contribution in [0.1, 0.15) is 71.1 Å². The molecule has 0 amide bonds. The highest BCUT2D eigenvalue weighted by atomic mass is 16.3. The number of unbranched alkanes of at least 4 members (excludes halogenated alkanes) is 4. The molecule has 0 aliphatic heterocycles. The van der Waals surface area contributed by atoms with Crippen molar-refractivity contribution < 1.29 is 25.2 Å². The van der Waals surface area contributed by atoms with Crippen LogP contribution < -0.4 is 0 Å². The number of hydrogen-bond acceptors (Lipinski definition) is 5. The molecule has 1 aliphatic carbocycles. The van der Waals surface area contributed by atoms with Gasteiger partial charge in [-0.1, -0.05) is 37.8 Å². The summed E-state index contributed by atoms with van der Waals surface area (Å²) in [6, 6.07) is 0. The molecule has 1 saturated carbocycles. The molecule has 5 heteroatoms. The fourth-order valence-corrected chi connectivity index (χ4v) is 3.57. The van der Waals surface area contributed by atoms with Gasteiger partial charge in [0.25, 0.3) is 0 Å². The highest BCUT2D eigenvalue weighted by molar-refractivity contribution is 5.84. The van der Waals surface area contributed by atoms with E-state index < -0.39 is 12.2 Å². The van der Waals surface area contributed by atoms with Gasteiger partial charge in [-0.3, -0.25) is 4.79 Å². The van der Waals surface area contributed by atoms with Crippen molar-refractivity contribution in [2.24, 2.45) is 11.8 Å². The summed E-state index contributed by atoms with van der Waals surface area (Å²) < 4.78 is 0. The van der Waals surface area contributed by atoms with E-state index in [1.165, 1.54) is 0 Å². The Kier molecular flexibility index (Phi) is 11.2. The van der Waals surface area contributed by atoms with Crippen LogP contribution in [-0.2, 0) is 4.79 Å². The Labute approximate surface area is 151 Å². The number of carbonyl (C=O) groups is 1. The average Bonchev–Trinajstić information content (AvgIpc) is 2.81. The zero-order valence-corrected chi connectivity index (χ0v) is 15.5. The van der Waals surface area contributed by atoms with Crippen molar-refractivity contribution in [3.8, 4) is 0 Å². The van der Waals surface area contributed by atoms with Crippen molar-refractivity contribution >= 4 is 5.78 Å².